The molecule has 2 aliphatic rings. The molecule has 2 heterocycles. The summed E-state index contributed by atoms with van der Waals surface area (Å²) in [6.45, 7) is 0. The smallest absolute Gasteiger partial charge is 0.341 e. The van der Waals surface area contributed by atoms with Crippen LogP contribution in [0.3, 0.4) is 0 Å². The van der Waals surface area contributed by atoms with Gasteiger partial charge in [0, 0.05) is 11.6 Å². The molecule has 2 aromatic carbocycles. The lowest BCUT2D eigenvalue weighted by atomic mass is 9.95. The summed E-state index contributed by atoms with van der Waals surface area (Å²) in [5.74, 6) is 0.0807. The lowest BCUT2D eigenvalue weighted by Gasteiger charge is -2.22. The van der Waals surface area contributed by atoms with Crippen LogP contribution in [0.25, 0.3) is 0 Å². The summed E-state index contributed by atoms with van der Waals surface area (Å²) in [5.41, 5.74) is 0.335. The fourth-order valence-electron chi connectivity index (χ4n) is 3.08. The average molecular weight is 311 g/mol. The summed E-state index contributed by atoms with van der Waals surface area (Å²) < 4.78 is 15.9. The predicted octanol–water partition coefficient (Wildman–Crippen LogP) is 2.34. The summed E-state index contributed by atoms with van der Waals surface area (Å²) in [7, 11) is 3.01. The lowest BCUT2D eigenvalue weighted by Crippen LogP contribution is -2.38. The minimum absolute atomic E-state index is 0.327. The summed E-state index contributed by atoms with van der Waals surface area (Å²) >= 11 is 0. The molecule has 0 aliphatic carbocycles. The van der Waals surface area contributed by atoms with Crippen LogP contribution in [0, 0.1) is 0 Å². The third-order valence-corrected chi connectivity index (χ3v) is 4.17. The van der Waals surface area contributed by atoms with Crippen LogP contribution < -0.4 is 14.8 Å². The average Bonchev–Trinajstić information content (AvgIpc) is 3.02. The number of hydrogen-bond acceptors (Lipinski definition) is 6. The molecule has 1 spiro atoms. The zero-order valence-corrected chi connectivity index (χ0v) is 12.5. The van der Waals surface area contributed by atoms with Crippen molar-refractivity contribution in [2.45, 2.75) is 5.72 Å². The molecule has 1 unspecified atom stereocenters. The van der Waals surface area contributed by atoms with Crippen LogP contribution in [0.1, 0.15) is 26.3 Å². The Morgan fingerprint density at radius 3 is 2.43 bits per heavy atom. The highest BCUT2D eigenvalue weighted by atomic mass is 16.6. The summed E-state index contributed by atoms with van der Waals surface area (Å²) in [5, 5.41) is 3.04. The van der Waals surface area contributed by atoms with Crippen molar-refractivity contribution in [3.05, 3.63) is 53.1 Å². The Hall–Kier alpha value is -3.02. The first-order valence-electron chi connectivity index (χ1n) is 7.02. The highest BCUT2D eigenvalue weighted by Crippen LogP contribution is 2.48. The van der Waals surface area contributed by atoms with Gasteiger partial charge in [-0.3, -0.25) is 4.79 Å². The van der Waals surface area contributed by atoms with Crippen molar-refractivity contribution in [1.82, 2.24) is 0 Å². The molecule has 6 heteroatoms. The van der Waals surface area contributed by atoms with Crippen molar-refractivity contribution in [2.24, 2.45) is 0 Å². The number of esters is 1. The third-order valence-electron chi connectivity index (χ3n) is 4.17. The molecule has 4 rings (SSSR count). The second-order valence-corrected chi connectivity index (χ2v) is 5.32. The molecule has 0 saturated heterocycles. The minimum atomic E-state index is -1.51. The first-order valence-corrected chi connectivity index (χ1v) is 7.02. The second kappa shape index (κ2) is 4.49. The zero-order valence-electron chi connectivity index (χ0n) is 12.5. The summed E-state index contributed by atoms with van der Waals surface area (Å²) in [6, 6.07) is 10.1. The van der Waals surface area contributed by atoms with E-state index in [2.05, 4.69) is 5.32 Å². The highest BCUT2D eigenvalue weighted by Gasteiger charge is 2.56. The SMILES string of the molecule is COc1cc2c(cc1OC)C(=O)C1(N2)OC(=O)c2ccccc21. The molecule has 2 aliphatic heterocycles. The maximum Gasteiger partial charge on any atom is 0.341 e. The molecule has 1 atom stereocenters. The highest BCUT2D eigenvalue weighted by molar-refractivity contribution is 6.17. The quantitative estimate of drug-likeness (QED) is 0.858. The van der Waals surface area contributed by atoms with Crippen LogP contribution in [0.5, 0.6) is 11.5 Å². The largest absolute Gasteiger partial charge is 0.493 e. The molecule has 23 heavy (non-hydrogen) atoms. The minimum Gasteiger partial charge on any atom is -0.493 e. The van der Waals surface area contributed by atoms with Gasteiger partial charge in [-0.1, -0.05) is 18.2 Å². The van der Waals surface area contributed by atoms with E-state index in [1.165, 1.54) is 14.2 Å². The van der Waals surface area contributed by atoms with Gasteiger partial charge in [-0.15, -0.1) is 0 Å². The van der Waals surface area contributed by atoms with E-state index in [4.69, 9.17) is 14.2 Å². The predicted molar refractivity (Wildman–Crippen MR) is 81.0 cm³/mol. The van der Waals surface area contributed by atoms with Crippen LogP contribution in [-0.2, 0) is 10.5 Å². The van der Waals surface area contributed by atoms with E-state index in [0.717, 1.165) is 0 Å². The molecule has 1 N–H and O–H groups in total. The number of fused-ring (bicyclic) bond motifs is 3. The molecule has 116 valence electrons. The number of carbonyl (C=O) groups is 2. The second-order valence-electron chi connectivity index (χ2n) is 5.32. The number of anilines is 1. The Bertz CT molecular complexity index is 860. The molecular formula is C17H13NO5. The summed E-state index contributed by atoms with van der Waals surface area (Å²) in [4.78, 5) is 25.1. The van der Waals surface area contributed by atoms with E-state index < -0.39 is 11.7 Å². The number of methoxy groups -OCH3 is 2. The van der Waals surface area contributed by atoms with Crippen molar-refractivity contribution in [3.8, 4) is 11.5 Å². The number of nitrogens with one attached hydrogen (secondary N) is 1. The molecule has 0 radical (unpaired) electrons. The van der Waals surface area contributed by atoms with Crippen molar-refractivity contribution in [1.29, 1.82) is 0 Å². The van der Waals surface area contributed by atoms with Crippen LogP contribution in [-0.4, -0.2) is 26.0 Å². The normalized spacial score (nSPS) is 20.8. The van der Waals surface area contributed by atoms with Gasteiger partial charge in [0.05, 0.1) is 31.0 Å². The molecule has 0 amide bonds. The van der Waals surface area contributed by atoms with Crippen molar-refractivity contribution < 1.29 is 23.8 Å². The zero-order chi connectivity index (χ0) is 16.2. The van der Waals surface area contributed by atoms with Gasteiger partial charge in [0.25, 0.3) is 5.72 Å². The Morgan fingerprint density at radius 2 is 1.70 bits per heavy atom. The Balaban J connectivity index is 1.90. The fourth-order valence-corrected chi connectivity index (χ4v) is 3.08. The topological polar surface area (TPSA) is 73.9 Å². The lowest BCUT2D eigenvalue weighted by molar-refractivity contribution is 0.0111. The first-order chi connectivity index (χ1) is 11.1. The molecular weight excluding hydrogens is 298 g/mol. The number of ether oxygens (including phenoxy) is 3. The summed E-state index contributed by atoms with van der Waals surface area (Å²) in [6.07, 6.45) is 0. The standard InChI is InChI=1S/C17H13NO5/c1-21-13-7-10-12(8-14(13)22-2)18-17(15(10)19)11-6-4-3-5-9(11)16(20)23-17/h3-8,18H,1-2H3. The fraction of sp³-hybridized carbons (Fsp3) is 0.176. The molecule has 0 fully saturated rings. The van der Waals surface area contributed by atoms with Crippen molar-refractivity contribution in [2.75, 3.05) is 19.5 Å². The van der Waals surface area contributed by atoms with E-state index in [-0.39, 0.29) is 5.78 Å². The number of ketones is 1. The van der Waals surface area contributed by atoms with Gasteiger partial charge in [-0.05, 0) is 12.1 Å². The van der Waals surface area contributed by atoms with E-state index in [9.17, 15) is 9.59 Å². The van der Waals surface area contributed by atoms with Gasteiger partial charge in [-0.25, -0.2) is 4.79 Å². The van der Waals surface area contributed by atoms with E-state index >= 15 is 0 Å². The number of benzene rings is 2. The van der Waals surface area contributed by atoms with Gasteiger partial charge < -0.3 is 19.5 Å². The van der Waals surface area contributed by atoms with E-state index in [1.807, 2.05) is 0 Å². The Labute approximate surface area is 132 Å². The third kappa shape index (κ3) is 1.63. The van der Waals surface area contributed by atoms with Crippen LogP contribution in [0.4, 0.5) is 5.69 Å². The van der Waals surface area contributed by atoms with Gasteiger partial charge in [-0.2, -0.15) is 0 Å². The van der Waals surface area contributed by atoms with Gasteiger partial charge in [0.2, 0.25) is 5.78 Å². The first kappa shape index (κ1) is 13.6. The van der Waals surface area contributed by atoms with Crippen LogP contribution >= 0.6 is 0 Å². The maximum absolute atomic E-state index is 13.0. The molecule has 6 nitrogen and oxygen atoms in total. The van der Waals surface area contributed by atoms with Crippen molar-refractivity contribution >= 4 is 17.4 Å². The van der Waals surface area contributed by atoms with E-state index in [0.29, 0.717) is 33.9 Å². The molecule has 0 bridgehead atoms. The number of Topliss-reactive ketones (excluding diaryl/α,β-unsaturated/α-hetero) is 1. The number of hydrogen-bond donors (Lipinski definition) is 1. The Kier molecular flexibility index (Phi) is 2.66. The number of carbonyl (C=O) groups excluding carboxylic acids is 2. The van der Waals surface area contributed by atoms with Gasteiger partial charge >= 0.3 is 5.97 Å². The molecule has 2 aromatic rings. The van der Waals surface area contributed by atoms with Crippen LogP contribution in [0.2, 0.25) is 0 Å². The van der Waals surface area contributed by atoms with Gasteiger partial charge in [0.1, 0.15) is 0 Å². The Morgan fingerprint density at radius 1 is 1.00 bits per heavy atom. The monoisotopic (exact) mass is 311 g/mol. The number of rotatable bonds is 2. The van der Waals surface area contributed by atoms with Crippen LogP contribution in [0.15, 0.2) is 36.4 Å². The van der Waals surface area contributed by atoms with E-state index in [1.54, 1.807) is 36.4 Å². The maximum atomic E-state index is 13.0. The molecule has 0 aromatic heterocycles. The van der Waals surface area contributed by atoms with Crippen molar-refractivity contribution in [3.63, 3.8) is 0 Å². The molecule has 0 saturated carbocycles. The van der Waals surface area contributed by atoms with Gasteiger partial charge in [0.15, 0.2) is 11.5 Å².